The minimum absolute atomic E-state index is 0.440. The number of benzene rings is 2. The van der Waals surface area contributed by atoms with Gasteiger partial charge in [0.1, 0.15) is 16.9 Å². The highest BCUT2D eigenvalue weighted by Crippen LogP contribution is 2.37. The van der Waals surface area contributed by atoms with Crippen LogP contribution in [0.25, 0.3) is 32.1 Å². The Balaban J connectivity index is 1.52. The van der Waals surface area contributed by atoms with E-state index < -0.39 is 0 Å². The lowest BCUT2D eigenvalue weighted by Gasteiger charge is -2.06. The molecule has 0 aliphatic rings. The van der Waals surface area contributed by atoms with Gasteiger partial charge in [-0.15, -0.1) is 21.5 Å². The SMILES string of the molecule is c1ccc(-c2cc3c(Oc4cccc(-c5nnco5)c4)ncnc3s2)cc1. The Morgan fingerprint density at radius 1 is 0.889 bits per heavy atom. The van der Waals surface area contributed by atoms with Gasteiger partial charge in [-0.3, -0.25) is 0 Å². The molecule has 27 heavy (non-hydrogen) atoms. The Hall–Kier alpha value is -3.58. The van der Waals surface area contributed by atoms with Crippen LogP contribution < -0.4 is 4.74 Å². The first-order valence-corrected chi connectivity index (χ1v) is 9.03. The van der Waals surface area contributed by atoms with Crippen molar-refractivity contribution in [3.63, 3.8) is 0 Å². The molecule has 0 saturated heterocycles. The van der Waals surface area contributed by atoms with E-state index in [-0.39, 0.29) is 0 Å². The molecule has 5 aromatic rings. The molecule has 0 N–H and O–H groups in total. The summed E-state index contributed by atoms with van der Waals surface area (Å²) in [6.45, 7) is 0. The van der Waals surface area contributed by atoms with Crippen LogP contribution in [-0.2, 0) is 0 Å². The lowest BCUT2D eigenvalue weighted by molar-refractivity contribution is 0.468. The van der Waals surface area contributed by atoms with E-state index in [1.807, 2.05) is 42.5 Å². The molecule has 0 radical (unpaired) electrons. The van der Waals surface area contributed by atoms with Crippen LogP contribution in [0.15, 0.2) is 77.8 Å². The number of ether oxygens (including phenoxy) is 1. The molecule has 0 fully saturated rings. The van der Waals surface area contributed by atoms with E-state index in [1.165, 1.54) is 12.7 Å². The maximum Gasteiger partial charge on any atom is 0.247 e. The van der Waals surface area contributed by atoms with Crippen molar-refractivity contribution in [1.82, 2.24) is 20.2 Å². The van der Waals surface area contributed by atoms with E-state index >= 15 is 0 Å². The lowest BCUT2D eigenvalue weighted by atomic mass is 10.2. The van der Waals surface area contributed by atoms with Gasteiger partial charge in [0, 0.05) is 10.4 Å². The molecule has 3 aromatic heterocycles. The predicted molar refractivity (Wildman–Crippen MR) is 103 cm³/mol. The van der Waals surface area contributed by atoms with Crippen molar-refractivity contribution in [2.24, 2.45) is 0 Å². The molecule has 0 aliphatic heterocycles. The molecule has 5 rings (SSSR count). The fourth-order valence-electron chi connectivity index (χ4n) is 2.76. The molecule has 0 saturated carbocycles. The van der Waals surface area contributed by atoms with Gasteiger partial charge < -0.3 is 9.15 Å². The van der Waals surface area contributed by atoms with E-state index in [9.17, 15) is 0 Å². The molecular formula is C20H12N4O2S. The Morgan fingerprint density at radius 2 is 1.78 bits per heavy atom. The standard InChI is InChI=1S/C20H12N4O2S/c1-2-5-13(6-3-1)17-10-16-19(21-11-22-20(16)27-17)26-15-8-4-7-14(9-15)18-24-23-12-25-18/h1-12H. The number of thiophene rings is 1. The molecule has 0 spiro atoms. The zero-order chi connectivity index (χ0) is 18.1. The summed E-state index contributed by atoms with van der Waals surface area (Å²) in [5, 5.41) is 8.51. The zero-order valence-corrected chi connectivity index (χ0v) is 14.8. The highest BCUT2D eigenvalue weighted by atomic mass is 32.1. The highest BCUT2D eigenvalue weighted by Gasteiger charge is 2.13. The van der Waals surface area contributed by atoms with E-state index in [0.717, 1.165) is 26.2 Å². The maximum atomic E-state index is 6.05. The van der Waals surface area contributed by atoms with Crippen molar-refractivity contribution < 1.29 is 9.15 Å². The fraction of sp³-hybridized carbons (Fsp3) is 0. The third-order valence-electron chi connectivity index (χ3n) is 4.01. The molecule has 0 unspecified atom stereocenters. The Kier molecular flexibility index (Phi) is 3.84. The number of aromatic nitrogens is 4. The molecular weight excluding hydrogens is 360 g/mol. The zero-order valence-electron chi connectivity index (χ0n) is 13.9. The van der Waals surface area contributed by atoms with Crippen LogP contribution in [0, 0.1) is 0 Å². The molecule has 3 heterocycles. The predicted octanol–water partition coefficient (Wildman–Crippen LogP) is 5.20. The van der Waals surface area contributed by atoms with Crippen molar-refractivity contribution in [3.05, 3.63) is 73.4 Å². The van der Waals surface area contributed by atoms with Gasteiger partial charge in [-0.25, -0.2) is 9.97 Å². The number of fused-ring (bicyclic) bond motifs is 1. The third kappa shape index (κ3) is 3.04. The first kappa shape index (κ1) is 15.7. The number of hydrogen-bond acceptors (Lipinski definition) is 7. The summed E-state index contributed by atoms with van der Waals surface area (Å²) in [5.41, 5.74) is 1.93. The van der Waals surface area contributed by atoms with Gasteiger partial charge in [0.15, 0.2) is 0 Å². The van der Waals surface area contributed by atoms with Crippen molar-refractivity contribution in [2.75, 3.05) is 0 Å². The molecule has 0 aliphatic carbocycles. The van der Waals surface area contributed by atoms with E-state index in [4.69, 9.17) is 9.15 Å². The van der Waals surface area contributed by atoms with Gasteiger partial charge in [-0.05, 0) is 29.8 Å². The van der Waals surface area contributed by atoms with Gasteiger partial charge in [-0.1, -0.05) is 36.4 Å². The van der Waals surface area contributed by atoms with Gasteiger partial charge >= 0.3 is 0 Å². The van der Waals surface area contributed by atoms with E-state index in [1.54, 1.807) is 11.3 Å². The molecule has 130 valence electrons. The van der Waals surface area contributed by atoms with Crippen molar-refractivity contribution in [1.29, 1.82) is 0 Å². The van der Waals surface area contributed by atoms with Crippen LogP contribution >= 0.6 is 11.3 Å². The summed E-state index contributed by atoms with van der Waals surface area (Å²) in [6, 6.07) is 19.7. The minimum Gasteiger partial charge on any atom is -0.438 e. The Labute approximate surface area is 158 Å². The monoisotopic (exact) mass is 372 g/mol. The molecule has 7 heteroatoms. The second-order valence-electron chi connectivity index (χ2n) is 5.75. The third-order valence-corrected chi connectivity index (χ3v) is 5.10. The van der Waals surface area contributed by atoms with Gasteiger partial charge in [0.2, 0.25) is 18.2 Å². The molecule has 0 atom stereocenters. The number of nitrogens with zero attached hydrogens (tertiary/aromatic N) is 4. The topological polar surface area (TPSA) is 73.9 Å². The average molecular weight is 372 g/mol. The van der Waals surface area contributed by atoms with Crippen LogP contribution in [-0.4, -0.2) is 20.2 Å². The lowest BCUT2D eigenvalue weighted by Crippen LogP contribution is -1.90. The van der Waals surface area contributed by atoms with Crippen LogP contribution in [0.2, 0.25) is 0 Å². The fourth-order valence-corrected chi connectivity index (χ4v) is 3.76. The van der Waals surface area contributed by atoms with Crippen LogP contribution in [0.4, 0.5) is 0 Å². The van der Waals surface area contributed by atoms with Gasteiger partial charge in [-0.2, -0.15) is 0 Å². The van der Waals surface area contributed by atoms with Gasteiger partial charge in [0.25, 0.3) is 0 Å². The second-order valence-corrected chi connectivity index (χ2v) is 6.78. The Bertz CT molecular complexity index is 1200. The maximum absolute atomic E-state index is 6.05. The highest BCUT2D eigenvalue weighted by molar-refractivity contribution is 7.21. The number of hydrogen-bond donors (Lipinski definition) is 0. The second kappa shape index (κ2) is 6.62. The van der Waals surface area contributed by atoms with Crippen LogP contribution in [0.5, 0.6) is 11.6 Å². The van der Waals surface area contributed by atoms with E-state index in [2.05, 4.69) is 38.4 Å². The summed E-state index contributed by atoms with van der Waals surface area (Å²) < 4.78 is 11.3. The quantitative estimate of drug-likeness (QED) is 0.432. The molecule has 0 amide bonds. The normalized spacial score (nSPS) is 11.0. The summed E-state index contributed by atoms with van der Waals surface area (Å²) in [4.78, 5) is 10.7. The summed E-state index contributed by atoms with van der Waals surface area (Å²) in [6.07, 6.45) is 2.82. The number of rotatable bonds is 4. The minimum atomic E-state index is 0.440. The largest absolute Gasteiger partial charge is 0.438 e. The molecule has 0 bridgehead atoms. The van der Waals surface area contributed by atoms with Gasteiger partial charge in [0.05, 0.1) is 5.39 Å². The van der Waals surface area contributed by atoms with Crippen molar-refractivity contribution in [3.8, 4) is 33.5 Å². The van der Waals surface area contributed by atoms with E-state index in [0.29, 0.717) is 17.5 Å². The Morgan fingerprint density at radius 3 is 2.63 bits per heavy atom. The van der Waals surface area contributed by atoms with Crippen molar-refractivity contribution in [2.45, 2.75) is 0 Å². The van der Waals surface area contributed by atoms with Crippen LogP contribution in [0.1, 0.15) is 0 Å². The summed E-state index contributed by atoms with van der Waals surface area (Å²) >= 11 is 1.61. The average Bonchev–Trinajstić information content (AvgIpc) is 3.39. The van der Waals surface area contributed by atoms with Crippen LogP contribution in [0.3, 0.4) is 0 Å². The molecule has 6 nitrogen and oxygen atoms in total. The summed E-state index contributed by atoms with van der Waals surface area (Å²) in [5.74, 6) is 1.59. The van der Waals surface area contributed by atoms with Crippen molar-refractivity contribution >= 4 is 21.6 Å². The summed E-state index contributed by atoms with van der Waals surface area (Å²) in [7, 11) is 0. The first-order chi connectivity index (χ1) is 13.4. The smallest absolute Gasteiger partial charge is 0.247 e. The first-order valence-electron chi connectivity index (χ1n) is 8.21. The molecule has 2 aromatic carbocycles.